The molecule has 0 radical (unpaired) electrons. The fourth-order valence-electron chi connectivity index (χ4n) is 2.73. The molecule has 0 bridgehead atoms. The Morgan fingerprint density at radius 2 is 2.08 bits per heavy atom. The van der Waals surface area contributed by atoms with E-state index in [0.29, 0.717) is 19.6 Å². The van der Waals surface area contributed by atoms with Crippen LogP contribution in [0.15, 0.2) is 23.2 Å². The molecule has 6 nitrogen and oxygen atoms in total. The lowest BCUT2D eigenvalue weighted by Crippen LogP contribution is -2.39. The fourth-order valence-corrected chi connectivity index (χ4v) is 2.73. The van der Waals surface area contributed by atoms with Crippen molar-refractivity contribution in [3.63, 3.8) is 0 Å². The molecule has 1 amide bonds. The summed E-state index contributed by atoms with van der Waals surface area (Å²) in [6.45, 7) is 6.63. The molecule has 1 aliphatic rings. The Balaban J connectivity index is 1.67. The summed E-state index contributed by atoms with van der Waals surface area (Å²) in [5.41, 5.74) is 2.03. The minimum atomic E-state index is 0.0812. The predicted octanol–water partition coefficient (Wildman–Crippen LogP) is 2.55. The minimum Gasteiger partial charge on any atom is -0.492 e. The van der Waals surface area contributed by atoms with Crippen LogP contribution in [-0.2, 0) is 11.2 Å². The number of hydrogen-bond donors (Lipinski definition) is 3. The van der Waals surface area contributed by atoms with E-state index in [1.165, 1.54) is 6.42 Å². The van der Waals surface area contributed by atoms with Crippen LogP contribution in [0.5, 0.6) is 5.75 Å². The molecule has 1 aromatic rings. The van der Waals surface area contributed by atoms with Gasteiger partial charge >= 0.3 is 0 Å². The maximum atomic E-state index is 11.4. The first-order chi connectivity index (χ1) is 12.1. The van der Waals surface area contributed by atoms with Crippen LogP contribution in [0.2, 0.25) is 0 Å². The smallest absolute Gasteiger partial charge is 0.224 e. The molecule has 1 heterocycles. The Labute approximate surface area is 150 Å². The summed E-state index contributed by atoms with van der Waals surface area (Å²) < 4.78 is 5.79. The molecule has 2 rings (SSSR count). The van der Waals surface area contributed by atoms with Crippen molar-refractivity contribution in [2.24, 2.45) is 10.9 Å². The van der Waals surface area contributed by atoms with Crippen molar-refractivity contribution < 1.29 is 9.53 Å². The van der Waals surface area contributed by atoms with E-state index in [-0.39, 0.29) is 5.91 Å². The molecule has 0 aromatic heterocycles. The van der Waals surface area contributed by atoms with Crippen LogP contribution in [0.1, 0.15) is 38.7 Å². The first-order valence-electron chi connectivity index (χ1n) is 9.08. The summed E-state index contributed by atoms with van der Waals surface area (Å²) in [4.78, 5) is 15.6. The van der Waals surface area contributed by atoms with Crippen LogP contribution in [0.4, 0.5) is 5.69 Å². The van der Waals surface area contributed by atoms with Crippen molar-refractivity contribution in [2.75, 3.05) is 32.1 Å². The molecule has 0 fully saturated rings. The number of hydrogen-bond acceptors (Lipinski definition) is 3. The Bertz CT molecular complexity index is 599. The average Bonchev–Trinajstić information content (AvgIpc) is 2.60. The van der Waals surface area contributed by atoms with Crippen LogP contribution in [0.25, 0.3) is 0 Å². The third-order valence-corrected chi connectivity index (χ3v) is 4.11. The zero-order valence-electron chi connectivity index (χ0n) is 15.5. The standard InChI is InChI=1S/C19H30N4O2/c1-14(2)5-4-10-21-19(20-3)22-11-12-25-16-7-8-17-15(13-16)6-9-18(24)23-17/h7-8,13-14H,4-6,9-12H2,1-3H3,(H,23,24)(H2,20,21,22). The largest absolute Gasteiger partial charge is 0.492 e. The van der Waals surface area contributed by atoms with E-state index >= 15 is 0 Å². The second-order valence-corrected chi connectivity index (χ2v) is 6.68. The van der Waals surface area contributed by atoms with Crippen molar-refractivity contribution in [3.05, 3.63) is 23.8 Å². The monoisotopic (exact) mass is 346 g/mol. The fraction of sp³-hybridized carbons (Fsp3) is 0.579. The van der Waals surface area contributed by atoms with E-state index in [9.17, 15) is 4.79 Å². The highest BCUT2D eigenvalue weighted by atomic mass is 16.5. The van der Waals surface area contributed by atoms with Gasteiger partial charge in [0.25, 0.3) is 0 Å². The third-order valence-electron chi connectivity index (χ3n) is 4.11. The number of carbonyl (C=O) groups is 1. The van der Waals surface area contributed by atoms with Gasteiger partial charge in [-0.25, -0.2) is 0 Å². The molecule has 0 atom stereocenters. The molecular formula is C19H30N4O2. The molecule has 0 saturated carbocycles. The number of ether oxygens (including phenoxy) is 1. The predicted molar refractivity (Wildman–Crippen MR) is 102 cm³/mol. The summed E-state index contributed by atoms with van der Waals surface area (Å²) in [5.74, 6) is 2.45. The van der Waals surface area contributed by atoms with E-state index in [2.05, 4.69) is 34.8 Å². The maximum Gasteiger partial charge on any atom is 0.224 e. The number of aliphatic imine (C=N–C) groups is 1. The van der Waals surface area contributed by atoms with Crippen molar-refractivity contribution in [1.29, 1.82) is 0 Å². The SMILES string of the molecule is CN=C(NCCCC(C)C)NCCOc1ccc2c(c1)CCC(=O)N2. The summed E-state index contributed by atoms with van der Waals surface area (Å²) in [5, 5.41) is 9.44. The third kappa shape index (κ3) is 6.64. The topological polar surface area (TPSA) is 74.8 Å². The van der Waals surface area contributed by atoms with Gasteiger partial charge in [0.2, 0.25) is 5.91 Å². The minimum absolute atomic E-state index is 0.0812. The van der Waals surface area contributed by atoms with E-state index < -0.39 is 0 Å². The van der Waals surface area contributed by atoms with Gasteiger partial charge in [0.1, 0.15) is 12.4 Å². The van der Waals surface area contributed by atoms with Crippen molar-refractivity contribution in [2.45, 2.75) is 39.5 Å². The van der Waals surface area contributed by atoms with Gasteiger partial charge in [-0.3, -0.25) is 9.79 Å². The molecule has 0 spiro atoms. The van der Waals surface area contributed by atoms with Crippen molar-refractivity contribution >= 4 is 17.6 Å². The number of aryl methyl sites for hydroxylation is 1. The molecule has 0 aliphatic carbocycles. The average molecular weight is 346 g/mol. The molecule has 138 valence electrons. The second-order valence-electron chi connectivity index (χ2n) is 6.68. The lowest BCUT2D eigenvalue weighted by Gasteiger charge is -2.18. The van der Waals surface area contributed by atoms with Gasteiger partial charge in [-0.2, -0.15) is 0 Å². The highest BCUT2D eigenvalue weighted by Gasteiger charge is 2.14. The Kier molecular flexibility index (Phi) is 7.57. The lowest BCUT2D eigenvalue weighted by molar-refractivity contribution is -0.116. The summed E-state index contributed by atoms with van der Waals surface area (Å²) in [6.07, 6.45) is 3.66. The van der Waals surface area contributed by atoms with Gasteiger partial charge in [-0.1, -0.05) is 13.8 Å². The van der Waals surface area contributed by atoms with Crippen LogP contribution < -0.4 is 20.7 Å². The summed E-state index contributed by atoms with van der Waals surface area (Å²) in [6, 6.07) is 5.81. The molecule has 1 aromatic carbocycles. The van der Waals surface area contributed by atoms with E-state index in [4.69, 9.17) is 4.74 Å². The number of nitrogens with one attached hydrogen (secondary N) is 3. The van der Waals surface area contributed by atoms with Gasteiger partial charge in [-0.15, -0.1) is 0 Å². The Morgan fingerprint density at radius 3 is 2.84 bits per heavy atom. The molecule has 0 unspecified atom stereocenters. The highest BCUT2D eigenvalue weighted by Crippen LogP contribution is 2.26. The van der Waals surface area contributed by atoms with Crippen molar-refractivity contribution in [1.82, 2.24) is 10.6 Å². The molecule has 0 saturated heterocycles. The molecule has 6 heteroatoms. The number of rotatable bonds is 8. The highest BCUT2D eigenvalue weighted by molar-refractivity contribution is 5.94. The summed E-state index contributed by atoms with van der Waals surface area (Å²) in [7, 11) is 1.77. The van der Waals surface area contributed by atoms with Crippen molar-refractivity contribution in [3.8, 4) is 5.75 Å². The molecule has 3 N–H and O–H groups in total. The molecule has 25 heavy (non-hydrogen) atoms. The number of anilines is 1. The molecule has 1 aliphatic heterocycles. The van der Waals surface area contributed by atoms with E-state index in [1.807, 2.05) is 18.2 Å². The van der Waals surface area contributed by atoms with Gasteiger partial charge in [0.15, 0.2) is 5.96 Å². The second kappa shape index (κ2) is 9.91. The lowest BCUT2D eigenvalue weighted by atomic mass is 10.0. The number of nitrogens with zero attached hydrogens (tertiary/aromatic N) is 1. The van der Waals surface area contributed by atoms with Crippen LogP contribution in [0.3, 0.4) is 0 Å². The molecular weight excluding hydrogens is 316 g/mol. The van der Waals surface area contributed by atoms with Gasteiger partial charge in [-0.05, 0) is 48.9 Å². The first-order valence-corrected chi connectivity index (χ1v) is 9.08. The maximum absolute atomic E-state index is 11.4. The Hall–Kier alpha value is -2.24. The van der Waals surface area contributed by atoms with Gasteiger partial charge in [0, 0.05) is 25.7 Å². The number of benzene rings is 1. The van der Waals surface area contributed by atoms with Gasteiger partial charge in [0.05, 0.1) is 6.54 Å². The zero-order valence-corrected chi connectivity index (χ0v) is 15.5. The number of amides is 1. The van der Waals surface area contributed by atoms with Gasteiger partial charge < -0.3 is 20.7 Å². The normalized spacial score (nSPS) is 14.1. The number of fused-ring (bicyclic) bond motifs is 1. The van der Waals surface area contributed by atoms with Crippen LogP contribution in [-0.4, -0.2) is 38.6 Å². The van der Waals surface area contributed by atoms with Crippen LogP contribution in [0, 0.1) is 5.92 Å². The van der Waals surface area contributed by atoms with E-state index in [1.54, 1.807) is 7.05 Å². The van der Waals surface area contributed by atoms with E-state index in [0.717, 1.165) is 48.3 Å². The van der Waals surface area contributed by atoms with Crippen LogP contribution >= 0.6 is 0 Å². The summed E-state index contributed by atoms with van der Waals surface area (Å²) >= 11 is 0. The number of guanidine groups is 1. The number of carbonyl (C=O) groups excluding carboxylic acids is 1. The Morgan fingerprint density at radius 1 is 1.28 bits per heavy atom. The first kappa shape index (κ1) is 19.1. The zero-order chi connectivity index (χ0) is 18.1. The quantitative estimate of drug-likeness (QED) is 0.384.